The molecule has 1 saturated heterocycles. The number of ether oxygens (including phenoxy) is 1. The number of carbonyl (C=O) groups excluding carboxylic acids is 8. The fraction of sp³-hybridized carbons (Fsp3) is 0.512. The predicted octanol–water partition coefficient (Wildman–Crippen LogP) is 3.08. The first-order chi connectivity index (χ1) is 28.2. The summed E-state index contributed by atoms with van der Waals surface area (Å²) in [4.78, 5) is 107. The Morgan fingerprint density at radius 2 is 1.63 bits per heavy atom. The summed E-state index contributed by atoms with van der Waals surface area (Å²) in [5, 5.41) is 16.0. The summed E-state index contributed by atoms with van der Waals surface area (Å²) in [5.41, 5.74) is 6.31. The number of ketones is 1. The Morgan fingerprint density at radius 3 is 2.27 bits per heavy atom. The van der Waals surface area contributed by atoms with Crippen LogP contribution in [0.5, 0.6) is 0 Å². The van der Waals surface area contributed by atoms with Gasteiger partial charge in [-0.3, -0.25) is 28.8 Å². The monoisotopic (exact) mass is 838 g/mol. The molecular weight excluding hydrogens is 784 g/mol. The van der Waals surface area contributed by atoms with Crippen LogP contribution in [0.3, 0.4) is 0 Å². The predicted molar refractivity (Wildman–Crippen MR) is 219 cm³/mol. The maximum Gasteiger partial charge on any atom is 0.407 e. The van der Waals surface area contributed by atoms with Gasteiger partial charge in [0.15, 0.2) is 0 Å². The van der Waals surface area contributed by atoms with E-state index >= 15 is 0 Å². The van der Waals surface area contributed by atoms with Crippen LogP contribution in [0.2, 0.25) is 5.02 Å². The van der Waals surface area contributed by atoms with Crippen molar-refractivity contribution in [3.05, 3.63) is 65.2 Å². The summed E-state index contributed by atoms with van der Waals surface area (Å²) in [6.45, 7) is 4.86. The van der Waals surface area contributed by atoms with Crippen molar-refractivity contribution >= 4 is 64.7 Å². The molecule has 0 bridgehead atoms. The number of amides is 8. The Morgan fingerprint density at radius 1 is 0.915 bits per heavy atom. The van der Waals surface area contributed by atoms with Gasteiger partial charge in [0.05, 0.1) is 25.2 Å². The molecule has 17 nitrogen and oxygen atoms in total. The number of Topliss-reactive ketones (excluding diaryl/α,β-unsaturated/α-hetero) is 1. The number of likely N-dealkylation sites (tertiary alicyclic amines) is 1. The first-order valence-electron chi connectivity index (χ1n) is 20.0. The first-order valence-corrected chi connectivity index (χ1v) is 20.4. The summed E-state index contributed by atoms with van der Waals surface area (Å²) in [6, 6.07) is 8.60. The number of urea groups is 1. The number of hydrogen-bond acceptors (Lipinski definition) is 9. The molecule has 1 saturated carbocycles. The fourth-order valence-electron chi connectivity index (χ4n) is 7.20. The summed E-state index contributed by atoms with van der Waals surface area (Å²) in [6.07, 6.45) is 3.57. The van der Waals surface area contributed by atoms with Gasteiger partial charge >= 0.3 is 12.1 Å². The van der Waals surface area contributed by atoms with Crippen LogP contribution in [-0.4, -0.2) is 96.2 Å². The maximum absolute atomic E-state index is 14.5. The van der Waals surface area contributed by atoms with E-state index in [4.69, 9.17) is 22.1 Å². The molecule has 320 valence electrons. The zero-order chi connectivity index (χ0) is 43.1. The molecule has 2 aliphatic rings. The lowest BCUT2D eigenvalue weighted by Crippen LogP contribution is -2.58. The first kappa shape index (κ1) is 46.0. The number of hydrogen-bond donors (Lipinski definition) is 7. The summed E-state index contributed by atoms with van der Waals surface area (Å²) < 4.78 is 5.37. The second kappa shape index (κ2) is 22.4. The Kier molecular flexibility index (Phi) is 17.5. The normalized spacial score (nSPS) is 18.1. The molecule has 1 aliphatic carbocycles. The molecule has 2 aromatic rings. The smallest absolute Gasteiger partial charge is 0.407 e. The van der Waals surface area contributed by atoms with Gasteiger partial charge in [0, 0.05) is 17.3 Å². The van der Waals surface area contributed by atoms with E-state index in [1.807, 2.05) is 13.8 Å². The highest BCUT2D eigenvalue weighted by Crippen LogP contribution is 2.30. The van der Waals surface area contributed by atoms with E-state index in [0.29, 0.717) is 35.5 Å². The quantitative estimate of drug-likeness (QED) is 0.109. The molecule has 4 rings (SSSR count). The van der Waals surface area contributed by atoms with Gasteiger partial charge in [0.1, 0.15) is 18.1 Å². The molecule has 0 aromatic heterocycles. The molecule has 3 unspecified atom stereocenters. The zero-order valence-corrected chi connectivity index (χ0v) is 34.3. The largest absolute Gasteiger partial charge is 0.449 e. The van der Waals surface area contributed by atoms with E-state index in [1.165, 1.54) is 4.90 Å². The van der Waals surface area contributed by atoms with E-state index in [0.717, 1.165) is 19.3 Å². The van der Waals surface area contributed by atoms with Crippen molar-refractivity contribution in [3.8, 4) is 0 Å². The van der Waals surface area contributed by atoms with Gasteiger partial charge in [-0.25, -0.2) is 9.59 Å². The Balaban J connectivity index is 1.51. The zero-order valence-electron chi connectivity index (χ0n) is 33.6. The minimum Gasteiger partial charge on any atom is -0.449 e. The van der Waals surface area contributed by atoms with Gasteiger partial charge < -0.3 is 47.3 Å². The Hall–Kier alpha value is -5.71. The molecule has 2 aromatic carbocycles. The lowest BCUT2D eigenvalue weighted by atomic mass is 9.83. The molecule has 2 fully saturated rings. The molecule has 0 radical (unpaired) electrons. The number of halogens is 1. The van der Waals surface area contributed by atoms with Gasteiger partial charge in [0.2, 0.25) is 29.4 Å². The molecule has 5 atom stereocenters. The summed E-state index contributed by atoms with van der Waals surface area (Å²) >= 11 is 6.08. The highest BCUT2D eigenvalue weighted by Gasteiger charge is 2.45. The van der Waals surface area contributed by atoms with E-state index in [1.54, 1.807) is 61.5 Å². The van der Waals surface area contributed by atoms with Crippen LogP contribution in [0.25, 0.3) is 0 Å². The summed E-state index contributed by atoms with van der Waals surface area (Å²) in [7, 11) is 0. The van der Waals surface area contributed by atoms with Crippen LogP contribution in [0.15, 0.2) is 54.6 Å². The minimum atomic E-state index is -1.34. The average Bonchev–Trinajstić information content (AvgIpc) is 3.63. The third-order valence-electron chi connectivity index (χ3n) is 10.1. The molecule has 8 amide bonds. The number of primary amides is 1. The van der Waals surface area contributed by atoms with Gasteiger partial charge in [-0.1, -0.05) is 94.5 Å². The van der Waals surface area contributed by atoms with Crippen LogP contribution in [-0.2, 0) is 33.5 Å². The van der Waals surface area contributed by atoms with Crippen molar-refractivity contribution in [2.75, 3.05) is 25.0 Å². The molecule has 59 heavy (non-hydrogen) atoms. The van der Waals surface area contributed by atoms with Gasteiger partial charge in [-0.05, 0) is 61.3 Å². The van der Waals surface area contributed by atoms with Crippen LogP contribution in [0.4, 0.5) is 15.3 Å². The molecule has 18 heteroatoms. The van der Waals surface area contributed by atoms with Gasteiger partial charge in [-0.15, -0.1) is 0 Å². The lowest BCUT2D eigenvalue weighted by molar-refractivity contribution is -0.143. The standard InChI is InChI=1S/C41H55ClN8O9/c1-4-12-30(35(52)38(55)44-21-32(51)48-33(36(43)53)25-13-7-5-8-14-25)47-37(54)31-20-29(46-40(57)45-28-18-11-17-27(42)19-28)22-50(31)39(56)34(26-15-9-6-10-16-26)49-41(58)59-23-24(2)3/h5,7-8,11,13-14,17-19,24,26,29-31,33-34H,4,6,9-10,12,15-16,20-23H2,1-3H3,(H2,43,53)(H,44,55)(H,47,54)(H,48,51)(H,49,58)(H2,45,46,57)/t29?,30?,31-,33+,34?/m0/s1. The highest BCUT2D eigenvalue weighted by molar-refractivity contribution is 6.38. The number of nitrogens with zero attached hydrogens (tertiary/aromatic N) is 1. The van der Waals surface area contributed by atoms with Crippen molar-refractivity contribution in [2.24, 2.45) is 17.6 Å². The molecule has 8 N–H and O–H groups in total. The number of carbonyl (C=O) groups is 8. The Bertz CT molecular complexity index is 1820. The minimum absolute atomic E-state index is 0.0419. The highest BCUT2D eigenvalue weighted by atomic mass is 35.5. The maximum atomic E-state index is 14.5. The van der Waals surface area contributed by atoms with E-state index < -0.39 is 84.2 Å². The molecule has 1 heterocycles. The van der Waals surface area contributed by atoms with Crippen LogP contribution < -0.4 is 37.6 Å². The third-order valence-corrected chi connectivity index (χ3v) is 10.3. The summed E-state index contributed by atoms with van der Waals surface area (Å²) in [5.74, 6) is -5.32. The van der Waals surface area contributed by atoms with Crippen molar-refractivity contribution in [3.63, 3.8) is 0 Å². The number of anilines is 1. The van der Waals surface area contributed by atoms with E-state index in [9.17, 15) is 38.4 Å². The van der Waals surface area contributed by atoms with Crippen molar-refractivity contribution in [1.82, 2.24) is 31.5 Å². The van der Waals surface area contributed by atoms with E-state index in [-0.39, 0.29) is 37.8 Å². The van der Waals surface area contributed by atoms with Crippen LogP contribution in [0.1, 0.15) is 83.7 Å². The average molecular weight is 839 g/mol. The molecule has 1 aliphatic heterocycles. The second-order valence-electron chi connectivity index (χ2n) is 15.3. The van der Waals surface area contributed by atoms with Crippen LogP contribution >= 0.6 is 11.6 Å². The van der Waals surface area contributed by atoms with Crippen LogP contribution in [0, 0.1) is 11.8 Å². The number of benzene rings is 2. The number of alkyl carbamates (subject to hydrolysis) is 1. The van der Waals surface area contributed by atoms with Gasteiger partial charge in [0.25, 0.3) is 5.91 Å². The van der Waals surface area contributed by atoms with E-state index in [2.05, 4.69) is 31.9 Å². The number of nitrogens with two attached hydrogens (primary N) is 1. The second-order valence-corrected chi connectivity index (χ2v) is 15.7. The van der Waals surface area contributed by atoms with Crippen molar-refractivity contribution < 1.29 is 43.1 Å². The topological polar surface area (TPSA) is 247 Å². The Labute approximate surface area is 348 Å². The van der Waals surface area contributed by atoms with Gasteiger partial charge in [-0.2, -0.15) is 0 Å². The SMILES string of the molecule is CCCC(NC(=O)[C@@H]1CC(NC(=O)Nc2cccc(Cl)c2)CN1C(=O)C(NC(=O)OCC(C)C)C1CCCCC1)C(=O)C(=O)NCC(=O)N[C@@H](C(N)=O)c1ccccc1. The number of rotatable bonds is 18. The number of nitrogens with one attached hydrogen (secondary N) is 6. The fourth-order valence-corrected chi connectivity index (χ4v) is 7.39. The van der Waals surface area contributed by atoms with Crippen molar-refractivity contribution in [1.29, 1.82) is 0 Å². The van der Waals surface area contributed by atoms with Crippen molar-refractivity contribution in [2.45, 2.75) is 102 Å². The molecular formula is C41H55ClN8O9. The molecule has 0 spiro atoms. The third kappa shape index (κ3) is 14.0. The lowest BCUT2D eigenvalue weighted by Gasteiger charge is -2.34.